The summed E-state index contributed by atoms with van der Waals surface area (Å²) in [6.07, 6.45) is 2.73. The van der Waals surface area contributed by atoms with Crippen molar-refractivity contribution in [1.29, 1.82) is 0 Å². The molecule has 35 heavy (non-hydrogen) atoms. The zero-order valence-corrected chi connectivity index (χ0v) is 19.1. The Labute approximate surface area is 202 Å². The van der Waals surface area contributed by atoms with Gasteiger partial charge in [-0.25, -0.2) is 4.39 Å². The minimum absolute atomic E-state index is 0.0115. The van der Waals surface area contributed by atoms with Gasteiger partial charge in [0.25, 0.3) is 0 Å². The SMILES string of the molecule is O=C([C@H]1CCNC1)N(c1ccc(O[C@@]2(C(=O)c3ccccc3F)CCNC2)cc1)c1cccnn1. The first kappa shape index (κ1) is 23.1. The van der Waals surface area contributed by atoms with Crippen LogP contribution in [0.4, 0.5) is 15.9 Å². The summed E-state index contributed by atoms with van der Waals surface area (Å²) in [7, 11) is 0. The maximum absolute atomic E-state index is 14.4. The monoisotopic (exact) mass is 475 g/mol. The van der Waals surface area contributed by atoms with Gasteiger partial charge in [0.1, 0.15) is 11.6 Å². The fourth-order valence-corrected chi connectivity index (χ4v) is 4.61. The van der Waals surface area contributed by atoms with Crippen molar-refractivity contribution in [2.45, 2.75) is 18.4 Å². The van der Waals surface area contributed by atoms with E-state index in [9.17, 15) is 14.0 Å². The largest absolute Gasteiger partial charge is 0.478 e. The van der Waals surface area contributed by atoms with E-state index in [-0.39, 0.29) is 23.9 Å². The van der Waals surface area contributed by atoms with Crippen LogP contribution in [0.5, 0.6) is 5.75 Å². The lowest BCUT2D eigenvalue weighted by molar-refractivity contribution is -0.121. The number of anilines is 2. The summed E-state index contributed by atoms with van der Waals surface area (Å²) in [6.45, 7) is 2.28. The summed E-state index contributed by atoms with van der Waals surface area (Å²) in [5.41, 5.74) is -0.578. The molecule has 2 aliphatic rings. The molecule has 2 fully saturated rings. The van der Waals surface area contributed by atoms with Crippen LogP contribution in [0, 0.1) is 11.7 Å². The first-order valence-corrected chi connectivity index (χ1v) is 11.7. The van der Waals surface area contributed by atoms with Crippen molar-refractivity contribution in [3.8, 4) is 5.75 Å². The quantitative estimate of drug-likeness (QED) is 0.507. The van der Waals surface area contributed by atoms with Crippen molar-refractivity contribution < 1.29 is 18.7 Å². The zero-order chi connectivity index (χ0) is 24.3. The molecular formula is C26H26FN5O3. The lowest BCUT2D eigenvalue weighted by Gasteiger charge is -2.29. The number of carbonyl (C=O) groups is 2. The van der Waals surface area contributed by atoms with Crippen LogP contribution in [0.3, 0.4) is 0 Å². The number of rotatable bonds is 7. The maximum Gasteiger partial charge on any atom is 0.237 e. The van der Waals surface area contributed by atoms with Crippen LogP contribution in [0.1, 0.15) is 23.2 Å². The Bertz CT molecular complexity index is 1190. The van der Waals surface area contributed by atoms with Crippen LogP contribution in [0.15, 0.2) is 66.9 Å². The Morgan fingerprint density at radius 3 is 2.51 bits per heavy atom. The average Bonchev–Trinajstić information content (AvgIpc) is 3.59. The Morgan fingerprint density at radius 1 is 1.03 bits per heavy atom. The minimum atomic E-state index is -1.21. The van der Waals surface area contributed by atoms with Crippen LogP contribution in [0.25, 0.3) is 0 Å². The highest BCUT2D eigenvalue weighted by molar-refractivity contribution is 6.03. The third-order valence-corrected chi connectivity index (χ3v) is 6.47. The molecule has 3 aromatic rings. The summed E-state index contributed by atoms with van der Waals surface area (Å²) in [5, 5.41) is 14.5. The highest BCUT2D eigenvalue weighted by Gasteiger charge is 2.45. The number of halogens is 1. The lowest BCUT2D eigenvalue weighted by atomic mass is 9.91. The Morgan fingerprint density at radius 2 is 1.86 bits per heavy atom. The molecule has 2 aromatic carbocycles. The van der Waals surface area contributed by atoms with E-state index in [1.807, 2.05) is 0 Å². The van der Waals surface area contributed by atoms with Gasteiger partial charge >= 0.3 is 0 Å². The second-order valence-corrected chi connectivity index (χ2v) is 8.77. The molecule has 8 nitrogen and oxygen atoms in total. The Kier molecular flexibility index (Phi) is 6.52. The molecule has 0 saturated carbocycles. The lowest BCUT2D eigenvalue weighted by Crippen LogP contribution is -2.47. The molecule has 2 atom stereocenters. The van der Waals surface area contributed by atoms with Gasteiger partial charge in [-0.15, -0.1) is 5.10 Å². The van der Waals surface area contributed by atoms with Crippen molar-refractivity contribution in [2.24, 2.45) is 5.92 Å². The van der Waals surface area contributed by atoms with Crippen molar-refractivity contribution in [2.75, 3.05) is 31.1 Å². The number of nitrogens with zero attached hydrogens (tertiary/aromatic N) is 3. The molecule has 5 rings (SSSR count). The summed E-state index contributed by atoms with van der Waals surface area (Å²) >= 11 is 0. The smallest absolute Gasteiger partial charge is 0.237 e. The van der Waals surface area contributed by atoms with E-state index < -0.39 is 17.2 Å². The predicted octanol–water partition coefficient (Wildman–Crippen LogP) is 2.88. The number of ketones is 1. The van der Waals surface area contributed by atoms with Crippen LogP contribution < -0.4 is 20.3 Å². The first-order valence-electron chi connectivity index (χ1n) is 11.7. The normalized spacial score (nSPS) is 21.6. The van der Waals surface area contributed by atoms with E-state index in [1.165, 1.54) is 12.1 Å². The number of Topliss-reactive ketones (excluding diaryl/α,β-unsaturated/α-hetero) is 1. The van der Waals surface area contributed by atoms with Gasteiger partial charge in [0.05, 0.1) is 17.2 Å². The number of aromatic nitrogens is 2. The Hall–Kier alpha value is -3.69. The summed E-state index contributed by atoms with van der Waals surface area (Å²) in [4.78, 5) is 28.2. The van der Waals surface area contributed by atoms with E-state index in [0.717, 1.165) is 13.0 Å². The molecule has 2 saturated heterocycles. The van der Waals surface area contributed by atoms with Gasteiger partial charge in [-0.1, -0.05) is 12.1 Å². The molecule has 180 valence electrons. The molecule has 9 heteroatoms. The molecule has 3 heterocycles. The van der Waals surface area contributed by atoms with E-state index in [4.69, 9.17) is 4.74 Å². The fraction of sp³-hybridized carbons (Fsp3) is 0.308. The predicted molar refractivity (Wildman–Crippen MR) is 128 cm³/mol. The highest BCUT2D eigenvalue weighted by Crippen LogP contribution is 2.32. The third kappa shape index (κ3) is 4.65. The molecule has 1 amide bonds. The van der Waals surface area contributed by atoms with Gasteiger partial charge in [-0.2, -0.15) is 5.10 Å². The number of nitrogens with one attached hydrogen (secondary N) is 2. The number of amides is 1. The minimum Gasteiger partial charge on any atom is -0.478 e. The molecule has 0 unspecified atom stereocenters. The number of hydrogen-bond acceptors (Lipinski definition) is 7. The standard InChI is InChI=1S/C26H26FN5O3/c27-22-5-2-1-4-21(22)24(33)26(12-15-29-17-26)35-20-9-7-19(8-10-20)32(23-6-3-13-30-31-23)25(34)18-11-14-28-16-18/h1-10,13,18,28-29H,11-12,14-17H2/t18-,26-/m0/s1. The molecule has 2 N–H and O–H groups in total. The maximum atomic E-state index is 14.4. The van der Waals surface area contributed by atoms with Crippen molar-refractivity contribution in [3.63, 3.8) is 0 Å². The molecule has 2 aliphatic heterocycles. The molecule has 0 radical (unpaired) electrons. The second kappa shape index (κ2) is 9.89. The number of ether oxygens (including phenoxy) is 1. The van der Waals surface area contributed by atoms with E-state index in [2.05, 4.69) is 20.8 Å². The number of benzene rings is 2. The van der Waals surface area contributed by atoms with Crippen molar-refractivity contribution in [1.82, 2.24) is 20.8 Å². The van der Waals surface area contributed by atoms with Crippen molar-refractivity contribution >= 4 is 23.2 Å². The molecule has 0 spiro atoms. The van der Waals surface area contributed by atoms with Crippen LogP contribution in [-0.4, -0.2) is 53.7 Å². The summed E-state index contributed by atoms with van der Waals surface area (Å²) in [6, 6.07) is 16.4. The van der Waals surface area contributed by atoms with E-state index in [0.29, 0.717) is 36.8 Å². The van der Waals surface area contributed by atoms with Crippen molar-refractivity contribution in [3.05, 3.63) is 78.2 Å². The van der Waals surface area contributed by atoms with Crippen LogP contribution in [0.2, 0.25) is 0 Å². The topological polar surface area (TPSA) is 96.5 Å². The van der Waals surface area contributed by atoms with Gasteiger partial charge in [-0.05, 0) is 68.0 Å². The fourth-order valence-electron chi connectivity index (χ4n) is 4.61. The summed E-state index contributed by atoms with van der Waals surface area (Å²) < 4.78 is 20.6. The molecule has 0 aliphatic carbocycles. The number of hydrogen-bond donors (Lipinski definition) is 2. The molecular weight excluding hydrogens is 449 g/mol. The zero-order valence-electron chi connectivity index (χ0n) is 19.1. The van der Waals surface area contributed by atoms with E-state index in [1.54, 1.807) is 59.6 Å². The van der Waals surface area contributed by atoms with E-state index >= 15 is 0 Å². The average molecular weight is 476 g/mol. The van der Waals surface area contributed by atoms with Crippen LogP contribution >= 0.6 is 0 Å². The van der Waals surface area contributed by atoms with Gasteiger partial charge in [0.15, 0.2) is 11.4 Å². The Balaban J connectivity index is 1.42. The molecule has 1 aromatic heterocycles. The second-order valence-electron chi connectivity index (χ2n) is 8.77. The highest BCUT2D eigenvalue weighted by atomic mass is 19.1. The summed E-state index contributed by atoms with van der Waals surface area (Å²) in [5.74, 6) is -0.285. The molecule has 0 bridgehead atoms. The van der Waals surface area contributed by atoms with Crippen LogP contribution in [-0.2, 0) is 4.79 Å². The van der Waals surface area contributed by atoms with Gasteiger partial charge in [0, 0.05) is 25.7 Å². The van der Waals surface area contributed by atoms with Gasteiger partial charge < -0.3 is 15.4 Å². The number of carbonyl (C=O) groups excluding carboxylic acids is 2. The third-order valence-electron chi connectivity index (χ3n) is 6.47. The first-order chi connectivity index (χ1) is 17.1. The van der Waals surface area contributed by atoms with Gasteiger partial charge in [0.2, 0.25) is 11.7 Å². The van der Waals surface area contributed by atoms with Gasteiger partial charge in [-0.3, -0.25) is 14.5 Å².